The number of terminal acetylenes is 1. The summed E-state index contributed by atoms with van der Waals surface area (Å²) < 4.78 is 11.9. The van der Waals surface area contributed by atoms with Gasteiger partial charge in [0.25, 0.3) is 0 Å². The van der Waals surface area contributed by atoms with Gasteiger partial charge >= 0.3 is 0 Å². The maximum Gasteiger partial charge on any atom is 0.153 e. The average molecular weight is 516 g/mol. The van der Waals surface area contributed by atoms with E-state index in [0.717, 1.165) is 17.2 Å². The molecular formula is C31H40Cl2O2. The van der Waals surface area contributed by atoms with Crippen molar-refractivity contribution in [3.63, 3.8) is 0 Å². The molecule has 0 aromatic heterocycles. The summed E-state index contributed by atoms with van der Waals surface area (Å²) in [4.78, 5) is 0. The lowest BCUT2D eigenvalue weighted by molar-refractivity contribution is -0.100. The molecule has 4 heteroatoms. The minimum absolute atomic E-state index is 0.277. The number of hydrogen-bond donors (Lipinski definition) is 0. The van der Waals surface area contributed by atoms with Gasteiger partial charge in [-0.1, -0.05) is 77.1 Å². The van der Waals surface area contributed by atoms with Gasteiger partial charge in [0, 0.05) is 5.41 Å². The maximum atomic E-state index is 6.52. The molecule has 1 spiro atoms. The molecule has 2 aliphatic carbocycles. The van der Waals surface area contributed by atoms with Crippen molar-refractivity contribution in [2.45, 2.75) is 84.7 Å². The van der Waals surface area contributed by atoms with Crippen LogP contribution in [0, 0.1) is 23.7 Å². The minimum Gasteiger partial charge on any atom is -0.490 e. The summed E-state index contributed by atoms with van der Waals surface area (Å²) in [5, 5.41) is 0.508. The molecule has 0 unspecified atom stereocenters. The van der Waals surface area contributed by atoms with Crippen molar-refractivity contribution >= 4 is 23.2 Å². The van der Waals surface area contributed by atoms with E-state index in [9.17, 15) is 0 Å². The molecule has 0 aliphatic heterocycles. The lowest BCUT2D eigenvalue weighted by atomic mass is 9.50. The lowest BCUT2D eigenvalue weighted by Crippen LogP contribution is -2.51. The highest BCUT2D eigenvalue weighted by Gasteiger charge is 2.53. The normalized spacial score (nSPS) is 22.8. The Labute approximate surface area is 222 Å². The molecule has 190 valence electrons. The van der Waals surface area contributed by atoms with Crippen LogP contribution < -0.4 is 9.47 Å². The highest BCUT2D eigenvalue weighted by molar-refractivity contribution is 6.32. The zero-order valence-corrected chi connectivity index (χ0v) is 23.4. The molecule has 2 nitrogen and oxygen atoms in total. The van der Waals surface area contributed by atoms with Gasteiger partial charge in [0.05, 0.1) is 22.6 Å². The van der Waals surface area contributed by atoms with Gasteiger partial charge in [-0.25, -0.2) is 0 Å². The third-order valence-corrected chi connectivity index (χ3v) is 7.90. The Bertz CT molecular complexity index is 1010. The van der Waals surface area contributed by atoms with Gasteiger partial charge in [-0.15, -0.1) is 18.0 Å². The van der Waals surface area contributed by atoms with Crippen molar-refractivity contribution in [1.82, 2.24) is 0 Å². The summed E-state index contributed by atoms with van der Waals surface area (Å²) in [6, 6.07) is 12.4. The zero-order valence-electron chi connectivity index (χ0n) is 21.9. The van der Waals surface area contributed by atoms with Crippen molar-refractivity contribution in [2.75, 3.05) is 12.5 Å². The van der Waals surface area contributed by atoms with Crippen LogP contribution in [0.25, 0.3) is 0 Å². The predicted molar refractivity (Wildman–Crippen MR) is 149 cm³/mol. The van der Waals surface area contributed by atoms with Crippen molar-refractivity contribution in [1.29, 1.82) is 0 Å². The van der Waals surface area contributed by atoms with Crippen molar-refractivity contribution in [2.24, 2.45) is 11.3 Å². The average Bonchev–Trinajstić information content (AvgIpc) is 2.79. The fourth-order valence-electron chi connectivity index (χ4n) is 5.43. The van der Waals surface area contributed by atoms with E-state index in [0.29, 0.717) is 40.3 Å². The topological polar surface area (TPSA) is 18.5 Å². The van der Waals surface area contributed by atoms with Crippen molar-refractivity contribution < 1.29 is 9.47 Å². The molecule has 2 fully saturated rings. The Morgan fingerprint density at radius 3 is 2.20 bits per heavy atom. The molecule has 4 rings (SSSR count). The quantitative estimate of drug-likeness (QED) is 0.258. The summed E-state index contributed by atoms with van der Waals surface area (Å²) in [5.41, 5.74) is 3.18. The van der Waals surface area contributed by atoms with Crippen LogP contribution in [0.2, 0.25) is 5.02 Å². The summed E-state index contributed by atoms with van der Waals surface area (Å²) >= 11 is 12.3. The number of hydrogen-bond acceptors (Lipinski definition) is 2. The van der Waals surface area contributed by atoms with Crippen LogP contribution in [0.4, 0.5) is 0 Å². The van der Waals surface area contributed by atoms with Crippen LogP contribution in [0.3, 0.4) is 0 Å². The Balaban J connectivity index is 0.00000108. The molecular weight excluding hydrogens is 475 g/mol. The molecule has 0 N–H and O–H groups in total. The first kappa shape index (κ1) is 27.8. The predicted octanol–water partition coefficient (Wildman–Crippen LogP) is 9.03. The fourth-order valence-corrected chi connectivity index (χ4v) is 5.79. The number of alkyl halides is 1. The molecule has 2 aromatic rings. The Kier molecular flexibility index (Phi) is 9.47. The Morgan fingerprint density at radius 2 is 1.66 bits per heavy atom. The molecule has 2 aliphatic rings. The number of halogens is 2. The van der Waals surface area contributed by atoms with E-state index in [1.165, 1.54) is 44.1 Å². The molecule has 2 saturated carbocycles. The molecule has 0 heterocycles. The summed E-state index contributed by atoms with van der Waals surface area (Å²) in [6.45, 7) is 11.3. The van der Waals surface area contributed by atoms with E-state index < -0.39 is 0 Å². The third kappa shape index (κ3) is 6.31. The first-order valence-electron chi connectivity index (χ1n) is 13.0. The second kappa shape index (κ2) is 11.9. The number of benzene rings is 2. The van der Waals surface area contributed by atoms with E-state index in [4.69, 9.17) is 39.1 Å². The number of ether oxygens (including phenoxy) is 2. The summed E-state index contributed by atoms with van der Waals surface area (Å²) in [5.74, 6) is 5.50. The Hall–Kier alpha value is -1.82. The van der Waals surface area contributed by atoms with Crippen LogP contribution in [0.5, 0.6) is 11.5 Å². The maximum absolute atomic E-state index is 6.52. The molecule has 0 amide bonds. The highest BCUT2D eigenvalue weighted by Crippen LogP contribution is 2.60. The molecule has 2 aromatic carbocycles. The number of rotatable bonds is 8. The Morgan fingerprint density at radius 1 is 1.03 bits per heavy atom. The van der Waals surface area contributed by atoms with Crippen LogP contribution in [-0.2, 0) is 5.41 Å². The summed E-state index contributed by atoms with van der Waals surface area (Å²) in [7, 11) is 0. The second-order valence-electron chi connectivity index (χ2n) is 10.7. The van der Waals surface area contributed by atoms with E-state index in [1.54, 1.807) is 0 Å². The van der Waals surface area contributed by atoms with Crippen LogP contribution in [-0.4, -0.2) is 18.6 Å². The van der Waals surface area contributed by atoms with Crippen LogP contribution >= 0.6 is 23.2 Å². The molecule has 0 bridgehead atoms. The van der Waals surface area contributed by atoms with Gasteiger partial charge in [-0.2, -0.15) is 0 Å². The highest BCUT2D eigenvalue weighted by atomic mass is 35.5. The second-order valence-corrected chi connectivity index (χ2v) is 11.5. The van der Waals surface area contributed by atoms with Gasteiger partial charge in [-0.3, -0.25) is 0 Å². The zero-order chi connectivity index (χ0) is 25.6. The van der Waals surface area contributed by atoms with Gasteiger partial charge in [0.2, 0.25) is 0 Å². The first-order valence-corrected chi connectivity index (χ1v) is 13.9. The summed E-state index contributed by atoms with van der Waals surface area (Å²) in [6.07, 6.45) is 13.9. The largest absolute Gasteiger partial charge is 0.490 e. The standard InChI is InChI=1S/C28H32Cl2O2.C3H8/c1-5-19-15-28(16-19)17-24(18-28)32-23-9-7-21(8-10-23)27(3,4)22-13-20(6-2)26(25(30)14-22)31-12-11-29;1-3-2/h2,7-10,13-14,19,24H,5,11-12,15-18H2,1,3-4H3;3H2,1-2H3. The third-order valence-electron chi connectivity index (χ3n) is 7.47. The van der Waals surface area contributed by atoms with Crippen molar-refractivity contribution in [3.8, 4) is 23.8 Å². The van der Waals surface area contributed by atoms with E-state index in [2.05, 4.69) is 64.8 Å². The van der Waals surface area contributed by atoms with Gasteiger partial charge in [0.1, 0.15) is 12.4 Å². The van der Waals surface area contributed by atoms with Gasteiger partial charge in [-0.05, 0) is 72.4 Å². The van der Waals surface area contributed by atoms with E-state index >= 15 is 0 Å². The monoisotopic (exact) mass is 514 g/mol. The molecule has 0 radical (unpaired) electrons. The minimum atomic E-state index is -0.277. The fraction of sp³-hybridized carbons (Fsp3) is 0.548. The smallest absolute Gasteiger partial charge is 0.153 e. The molecule has 0 atom stereocenters. The SMILES string of the molecule is C#Cc1cc(C(C)(C)c2ccc(OC3CC4(CC(CC)C4)C3)cc2)cc(Cl)c1OCCCl.CCC. The lowest BCUT2D eigenvalue weighted by Gasteiger charge is -2.57. The first-order chi connectivity index (χ1) is 16.7. The molecule has 0 saturated heterocycles. The van der Waals surface area contributed by atoms with Gasteiger partial charge < -0.3 is 9.47 Å². The molecule has 35 heavy (non-hydrogen) atoms. The van der Waals surface area contributed by atoms with Crippen molar-refractivity contribution in [3.05, 3.63) is 58.1 Å². The van der Waals surface area contributed by atoms with E-state index in [-0.39, 0.29) is 5.41 Å². The van der Waals surface area contributed by atoms with Gasteiger partial charge in [0.15, 0.2) is 5.75 Å². The van der Waals surface area contributed by atoms with Crippen LogP contribution in [0.1, 0.15) is 89.8 Å². The van der Waals surface area contributed by atoms with E-state index in [1.807, 2.05) is 12.1 Å². The van der Waals surface area contributed by atoms with Crippen LogP contribution in [0.15, 0.2) is 36.4 Å².